The maximum absolute atomic E-state index is 11.2. The fourth-order valence-corrected chi connectivity index (χ4v) is 4.94. The minimum Gasteiger partial charge on any atom is -0.504 e. The van der Waals surface area contributed by atoms with Crippen molar-refractivity contribution in [1.82, 2.24) is 0 Å². The summed E-state index contributed by atoms with van der Waals surface area (Å²) in [6, 6.07) is 10.3. The number of hydrogen-bond donors (Lipinski definition) is 10. The van der Waals surface area contributed by atoms with E-state index < -0.39 is 85.9 Å². The lowest BCUT2D eigenvalue weighted by Gasteiger charge is -2.39. The van der Waals surface area contributed by atoms with Crippen molar-refractivity contribution in [3.63, 3.8) is 0 Å². The third kappa shape index (κ3) is 9.07. The number of ether oxygens (including phenoxy) is 4. The molecule has 2 fully saturated rings. The van der Waals surface area contributed by atoms with Crippen molar-refractivity contribution in [3.8, 4) is 23.0 Å². The summed E-state index contributed by atoms with van der Waals surface area (Å²) in [5.41, 5.74) is -0.878. The van der Waals surface area contributed by atoms with E-state index >= 15 is 0 Å². The second-order valence-electron chi connectivity index (χ2n) is 10.9. The number of benzene rings is 2. The SMILES string of the molecule is O.O.O.O=c1ccc2cc(OC3OC(CO)C(O)C(O)C3O)c(O)cc2o1.O=c1ccc2cc(OC3OC(CO)C(O)C(O)C3O)c(O)cc2o1. The van der Waals surface area contributed by atoms with Crippen LogP contribution in [-0.4, -0.2) is 142 Å². The number of hydrogen-bond acceptors (Lipinski definition) is 18. The normalized spacial score (nSPS) is 28.6. The summed E-state index contributed by atoms with van der Waals surface area (Å²) in [7, 11) is 0. The highest BCUT2D eigenvalue weighted by Crippen LogP contribution is 2.35. The Morgan fingerprint density at radius 3 is 1.22 bits per heavy atom. The summed E-state index contributed by atoms with van der Waals surface area (Å²) in [6.45, 7) is -1.20. The first-order valence-electron chi connectivity index (χ1n) is 14.3. The molecule has 0 amide bonds. The predicted octanol–water partition coefficient (Wildman–Crippen LogP) is -5.12. The van der Waals surface area contributed by atoms with Crippen LogP contribution in [-0.2, 0) is 9.47 Å². The molecule has 6 rings (SSSR count). The van der Waals surface area contributed by atoms with Crippen molar-refractivity contribution in [1.29, 1.82) is 0 Å². The van der Waals surface area contributed by atoms with Crippen molar-refractivity contribution in [2.24, 2.45) is 0 Å². The number of phenolic OH excluding ortho intramolecular Hbond substituents is 2. The Hall–Kier alpha value is -4.46. The van der Waals surface area contributed by atoms with Gasteiger partial charge >= 0.3 is 11.3 Å². The highest BCUT2D eigenvalue weighted by atomic mass is 16.7. The van der Waals surface area contributed by atoms with E-state index in [1.165, 1.54) is 36.4 Å². The molecule has 10 unspecified atom stereocenters. The van der Waals surface area contributed by atoms with Gasteiger partial charge in [0, 0.05) is 35.0 Å². The molecule has 21 nitrogen and oxygen atoms in total. The lowest BCUT2D eigenvalue weighted by atomic mass is 9.99. The molecular weight excluding hydrogens is 696 g/mol. The lowest BCUT2D eigenvalue weighted by molar-refractivity contribution is -0.277. The van der Waals surface area contributed by atoms with E-state index in [1.54, 1.807) is 0 Å². The molecule has 2 aliphatic rings. The van der Waals surface area contributed by atoms with Crippen molar-refractivity contribution in [3.05, 3.63) is 69.4 Å². The molecule has 0 aliphatic carbocycles. The van der Waals surface area contributed by atoms with Gasteiger partial charge in [-0.25, -0.2) is 9.59 Å². The van der Waals surface area contributed by atoms with Crippen LogP contribution in [0.4, 0.5) is 0 Å². The Kier molecular flexibility index (Phi) is 14.8. The van der Waals surface area contributed by atoms with Crippen LogP contribution < -0.4 is 20.7 Å². The summed E-state index contributed by atoms with van der Waals surface area (Å²) in [5, 5.41) is 97.9. The molecule has 0 radical (unpaired) electrons. The molecule has 2 aromatic heterocycles. The van der Waals surface area contributed by atoms with E-state index in [4.69, 9.17) is 38.0 Å². The molecule has 284 valence electrons. The van der Waals surface area contributed by atoms with E-state index in [-0.39, 0.29) is 50.6 Å². The Morgan fingerprint density at radius 1 is 0.529 bits per heavy atom. The van der Waals surface area contributed by atoms with Crippen LogP contribution in [0.5, 0.6) is 23.0 Å². The molecule has 10 atom stereocenters. The van der Waals surface area contributed by atoms with E-state index in [9.17, 15) is 50.4 Å². The lowest BCUT2D eigenvalue weighted by Crippen LogP contribution is -2.60. The highest BCUT2D eigenvalue weighted by molar-refractivity contribution is 5.81. The number of aliphatic hydroxyl groups is 8. The van der Waals surface area contributed by atoms with E-state index in [0.717, 1.165) is 12.1 Å². The molecule has 2 aromatic carbocycles. The Labute approximate surface area is 284 Å². The molecule has 0 bridgehead atoms. The molecule has 51 heavy (non-hydrogen) atoms. The van der Waals surface area contributed by atoms with Gasteiger partial charge in [0.25, 0.3) is 0 Å². The Morgan fingerprint density at radius 2 is 0.882 bits per heavy atom. The average molecular weight is 735 g/mol. The van der Waals surface area contributed by atoms with Gasteiger partial charge in [-0.3, -0.25) is 0 Å². The number of fused-ring (bicyclic) bond motifs is 2. The molecule has 4 aromatic rings. The summed E-state index contributed by atoms with van der Waals surface area (Å²) in [6.07, 6.45) is -14.5. The molecule has 4 heterocycles. The monoisotopic (exact) mass is 734 g/mol. The largest absolute Gasteiger partial charge is 0.504 e. The van der Waals surface area contributed by atoms with Crippen LogP contribution in [0.3, 0.4) is 0 Å². The zero-order valence-electron chi connectivity index (χ0n) is 26.0. The number of phenols is 2. The van der Waals surface area contributed by atoms with Crippen molar-refractivity contribution in [2.75, 3.05) is 13.2 Å². The fraction of sp³-hybridized carbons (Fsp3) is 0.400. The Balaban J connectivity index is 0.000000334. The van der Waals surface area contributed by atoms with Gasteiger partial charge in [0.1, 0.15) is 60.0 Å². The molecule has 16 N–H and O–H groups in total. The summed E-state index contributed by atoms with van der Waals surface area (Å²) >= 11 is 0. The average Bonchev–Trinajstić information content (AvgIpc) is 3.06. The zero-order chi connectivity index (χ0) is 34.9. The number of aromatic hydroxyl groups is 2. The predicted molar refractivity (Wildman–Crippen MR) is 168 cm³/mol. The zero-order valence-corrected chi connectivity index (χ0v) is 26.0. The van der Waals surface area contributed by atoms with Gasteiger partial charge in [-0.1, -0.05) is 0 Å². The molecule has 21 heteroatoms. The van der Waals surface area contributed by atoms with Crippen LogP contribution in [0.2, 0.25) is 0 Å². The molecule has 2 saturated heterocycles. The van der Waals surface area contributed by atoms with Crippen molar-refractivity contribution >= 4 is 21.9 Å². The van der Waals surface area contributed by atoms with Crippen LogP contribution in [0.15, 0.2) is 67.0 Å². The standard InChI is InChI=1S/2C15H16O9.3H2O/c2*16-5-10-12(19)13(20)14(21)15(24-10)23-9-3-6-1-2-11(18)22-8(6)4-7(9)17;;;/h2*1-4,10,12-17,19-21H,5H2;3*1H2. The van der Waals surface area contributed by atoms with E-state index in [2.05, 4.69) is 0 Å². The third-order valence-corrected chi connectivity index (χ3v) is 7.58. The fourth-order valence-electron chi connectivity index (χ4n) is 4.94. The van der Waals surface area contributed by atoms with Crippen LogP contribution in [0, 0.1) is 0 Å². The highest BCUT2D eigenvalue weighted by Gasteiger charge is 2.46. The second kappa shape index (κ2) is 17.7. The maximum atomic E-state index is 11.2. The minimum atomic E-state index is -1.60. The Bertz CT molecular complexity index is 1710. The molecular formula is C30H38O21. The van der Waals surface area contributed by atoms with Gasteiger partial charge in [-0.15, -0.1) is 0 Å². The summed E-state index contributed by atoms with van der Waals surface area (Å²) < 4.78 is 31.0. The van der Waals surface area contributed by atoms with Gasteiger partial charge in [-0.2, -0.15) is 0 Å². The second-order valence-corrected chi connectivity index (χ2v) is 10.9. The first kappa shape index (κ1) is 42.7. The van der Waals surface area contributed by atoms with Crippen LogP contribution >= 0.6 is 0 Å². The van der Waals surface area contributed by atoms with Gasteiger partial charge in [0.05, 0.1) is 13.2 Å². The van der Waals surface area contributed by atoms with Crippen molar-refractivity contribution < 1.29 is 95.3 Å². The maximum Gasteiger partial charge on any atom is 0.336 e. The van der Waals surface area contributed by atoms with Gasteiger partial charge in [0.2, 0.25) is 12.6 Å². The van der Waals surface area contributed by atoms with E-state index in [1.807, 2.05) is 0 Å². The third-order valence-electron chi connectivity index (χ3n) is 7.58. The number of rotatable bonds is 6. The van der Waals surface area contributed by atoms with Crippen LogP contribution in [0.25, 0.3) is 21.9 Å². The quantitative estimate of drug-likeness (QED) is 0.0828. The van der Waals surface area contributed by atoms with E-state index in [0.29, 0.717) is 10.8 Å². The molecule has 0 saturated carbocycles. The first-order valence-corrected chi connectivity index (χ1v) is 14.3. The molecule has 2 aliphatic heterocycles. The number of aliphatic hydroxyl groups excluding tert-OH is 8. The smallest absolute Gasteiger partial charge is 0.336 e. The first-order chi connectivity index (χ1) is 22.8. The van der Waals surface area contributed by atoms with Crippen molar-refractivity contribution in [2.45, 2.75) is 61.4 Å². The van der Waals surface area contributed by atoms with Gasteiger partial charge < -0.3 is 95.3 Å². The van der Waals surface area contributed by atoms with Crippen LogP contribution in [0.1, 0.15) is 0 Å². The topological polar surface area (TPSA) is 394 Å². The summed E-state index contributed by atoms with van der Waals surface area (Å²) in [5.74, 6) is -0.955. The minimum absolute atomic E-state index is 0. The van der Waals surface area contributed by atoms with Gasteiger partial charge in [0.15, 0.2) is 23.0 Å². The molecule has 0 spiro atoms. The van der Waals surface area contributed by atoms with Gasteiger partial charge in [-0.05, 0) is 24.3 Å². The summed E-state index contributed by atoms with van der Waals surface area (Å²) in [4.78, 5) is 22.3.